The molecule has 1 unspecified atom stereocenters. The van der Waals surface area contributed by atoms with Crippen molar-refractivity contribution >= 4 is 40.0 Å². The van der Waals surface area contributed by atoms with E-state index in [0.717, 1.165) is 12.4 Å². The van der Waals surface area contributed by atoms with Crippen LogP contribution in [0.15, 0.2) is 36.7 Å². The number of pyridine rings is 1. The van der Waals surface area contributed by atoms with Crippen LogP contribution in [0.3, 0.4) is 0 Å². The normalized spacial score (nSPS) is 16.0. The summed E-state index contributed by atoms with van der Waals surface area (Å²) in [5.74, 6) is -1.66. The number of ether oxygens (including phenoxy) is 1. The molecule has 3 heterocycles. The van der Waals surface area contributed by atoms with Crippen LogP contribution >= 0.6 is 23.2 Å². The highest BCUT2D eigenvalue weighted by molar-refractivity contribution is 6.36. The zero-order chi connectivity index (χ0) is 23.6. The molecule has 0 saturated carbocycles. The minimum Gasteiger partial charge on any atom is -0.379 e. The zero-order valence-corrected chi connectivity index (χ0v) is 18.6. The molecule has 3 aromatic rings. The second kappa shape index (κ2) is 9.76. The molecule has 1 atom stereocenters. The van der Waals surface area contributed by atoms with Crippen molar-refractivity contribution in [3.05, 3.63) is 63.8 Å². The van der Waals surface area contributed by atoms with Gasteiger partial charge in [-0.3, -0.25) is 9.69 Å². The van der Waals surface area contributed by atoms with Crippen molar-refractivity contribution in [2.24, 2.45) is 0 Å². The maximum Gasteiger partial charge on any atom is 0.451 e. The van der Waals surface area contributed by atoms with Gasteiger partial charge in [0.15, 0.2) is 0 Å². The van der Waals surface area contributed by atoms with Gasteiger partial charge in [0.25, 0.3) is 5.91 Å². The van der Waals surface area contributed by atoms with E-state index in [-0.39, 0.29) is 22.3 Å². The fourth-order valence-electron chi connectivity index (χ4n) is 3.66. The van der Waals surface area contributed by atoms with Gasteiger partial charge in [-0.2, -0.15) is 13.2 Å². The van der Waals surface area contributed by atoms with Gasteiger partial charge >= 0.3 is 6.18 Å². The Balaban J connectivity index is 1.59. The molecular formula is C21H18Cl2F3N5O2. The Hall–Kier alpha value is -2.53. The Kier molecular flexibility index (Phi) is 6.99. The van der Waals surface area contributed by atoms with E-state index in [4.69, 9.17) is 27.9 Å². The number of carbonyl (C=O) groups excluding carboxylic acids is 1. The number of halogens is 5. The second-order valence-electron chi connectivity index (χ2n) is 7.33. The Morgan fingerprint density at radius 2 is 1.82 bits per heavy atom. The third-order valence-corrected chi connectivity index (χ3v) is 5.79. The van der Waals surface area contributed by atoms with E-state index in [9.17, 15) is 18.0 Å². The standard InChI is InChI=1S/C21H18Cl2F3N5O2/c22-14-2-3-15-13(1-4-17(23)30-15)18(14)19(32)27-11-16(31-5-7-33-8-6-31)12-9-28-20(29-10-12)21(24,25)26/h1-4,9-10,16H,5-8,11H2,(H,27,32). The minimum absolute atomic E-state index is 0.0985. The van der Waals surface area contributed by atoms with Crippen molar-refractivity contribution in [2.45, 2.75) is 12.2 Å². The first-order chi connectivity index (χ1) is 15.7. The van der Waals surface area contributed by atoms with Crippen LogP contribution in [0.4, 0.5) is 13.2 Å². The van der Waals surface area contributed by atoms with Gasteiger partial charge in [0.1, 0.15) is 5.15 Å². The van der Waals surface area contributed by atoms with Crippen LogP contribution in [-0.2, 0) is 10.9 Å². The van der Waals surface area contributed by atoms with Crippen LogP contribution in [0.1, 0.15) is 27.8 Å². The average molecular weight is 500 g/mol. The SMILES string of the molecule is O=C(NCC(c1cnc(C(F)(F)F)nc1)N1CCOCC1)c1c(Cl)ccc2nc(Cl)ccc12. The summed E-state index contributed by atoms with van der Waals surface area (Å²) < 4.78 is 44.0. The monoisotopic (exact) mass is 499 g/mol. The fraction of sp³-hybridized carbons (Fsp3) is 0.333. The largest absolute Gasteiger partial charge is 0.451 e. The van der Waals surface area contributed by atoms with E-state index < -0.39 is 23.9 Å². The summed E-state index contributed by atoms with van der Waals surface area (Å²) in [6, 6.07) is 5.99. The molecule has 1 fully saturated rings. The predicted octanol–water partition coefficient (Wildman–Crippen LogP) is 4.15. The molecule has 1 aliphatic heterocycles. The molecule has 1 aliphatic rings. The van der Waals surface area contributed by atoms with Crippen molar-refractivity contribution < 1.29 is 22.7 Å². The summed E-state index contributed by atoms with van der Waals surface area (Å²) in [6.07, 6.45) is -2.36. The highest BCUT2D eigenvalue weighted by atomic mass is 35.5. The molecule has 7 nitrogen and oxygen atoms in total. The Morgan fingerprint density at radius 3 is 2.48 bits per heavy atom. The molecule has 1 aromatic carbocycles. The lowest BCUT2D eigenvalue weighted by Crippen LogP contribution is -2.44. The molecule has 0 aliphatic carbocycles. The van der Waals surface area contributed by atoms with Crippen molar-refractivity contribution in [3.63, 3.8) is 0 Å². The number of alkyl halides is 3. The number of morpholine rings is 1. The molecule has 1 amide bonds. The number of fused-ring (bicyclic) bond motifs is 1. The fourth-order valence-corrected chi connectivity index (χ4v) is 4.07. The molecule has 0 radical (unpaired) electrons. The number of nitrogens with one attached hydrogen (secondary N) is 1. The number of rotatable bonds is 5. The molecule has 2 aromatic heterocycles. The molecule has 0 bridgehead atoms. The van der Waals surface area contributed by atoms with Crippen LogP contribution in [0.5, 0.6) is 0 Å². The summed E-state index contributed by atoms with van der Waals surface area (Å²) in [5, 5.41) is 3.90. The molecule has 174 valence electrons. The lowest BCUT2D eigenvalue weighted by Gasteiger charge is -2.34. The van der Waals surface area contributed by atoms with E-state index >= 15 is 0 Å². The highest BCUT2D eigenvalue weighted by Crippen LogP contribution is 2.29. The van der Waals surface area contributed by atoms with Crippen molar-refractivity contribution in [2.75, 3.05) is 32.8 Å². The first-order valence-corrected chi connectivity index (χ1v) is 10.7. The van der Waals surface area contributed by atoms with Gasteiger partial charge in [-0.1, -0.05) is 23.2 Å². The van der Waals surface area contributed by atoms with Crippen LogP contribution < -0.4 is 5.32 Å². The maximum absolute atomic E-state index is 13.1. The smallest absolute Gasteiger partial charge is 0.379 e. The first kappa shape index (κ1) is 23.6. The Bertz CT molecular complexity index is 1160. The zero-order valence-electron chi connectivity index (χ0n) is 17.1. The lowest BCUT2D eigenvalue weighted by atomic mass is 10.1. The molecule has 1 N–H and O–H groups in total. The number of nitrogens with zero attached hydrogens (tertiary/aromatic N) is 4. The van der Waals surface area contributed by atoms with E-state index in [2.05, 4.69) is 20.3 Å². The van der Waals surface area contributed by atoms with Gasteiger partial charge in [0.2, 0.25) is 5.82 Å². The molecule has 12 heteroatoms. The van der Waals surface area contributed by atoms with Crippen LogP contribution in [0, 0.1) is 0 Å². The summed E-state index contributed by atoms with van der Waals surface area (Å²) in [4.78, 5) is 26.2. The van der Waals surface area contributed by atoms with E-state index in [0.29, 0.717) is 42.8 Å². The summed E-state index contributed by atoms with van der Waals surface area (Å²) in [7, 11) is 0. The lowest BCUT2D eigenvalue weighted by molar-refractivity contribution is -0.145. The first-order valence-electron chi connectivity index (χ1n) is 9.98. The van der Waals surface area contributed by atoms with Crippen molar-refractivity contribution in [1.82, 2.24) is 25.2 Å². The third-order valence-electron chi connectivity index (χ3n) is 5.27. The van der Waals surface area contributed by atoms with E-state index in [1.54, 1.807) is 24.3 Å². The van der Waals surface area contributed by atoms with Crippen LogP contribution in [0.2, 0.25) is 10.2 Å². The van der Waals surface area contributed by atoms with Crippen LogP contribution in [-0.4, -0.2) is 58.6 Å². The van der Waals surface area contributed by atoms with Crippen molar-refractivity contribution in [3.8, 4) is 0 Å². The predicted molar refractivity (Wildman–Crippen MR) is 116 cm³/mol. The molecule has 4 rings (SSSR count). The number of hydrogen-bond acceptors (Lipinski definition) is 6. The number of benzene rings is 1. The number of carbonyl (C=O) groups is 1. The maximum atomic E-state index is 13.1. The second-order valence-corrected chi connectivity index (χ2v) is 8.13. The number of amides is 1. The van der Waals surface area contributed by atoms with Gasteiger partial charge in [0, 0.05) is 43.0 Å². The van der Waals surface area contributed by atoms with Crippen molar-refractivity contribution in [1.29, 1.82) is 0 Å². The topological polar surface area (TPSA) is 80.2 Å². The Labute approximate surface area is 196 Å². The van der Waals surface area contributed by atoms with Gasteiger partial charge in [0.05, 0.1) is 35.4 Å². The average Bonchev–Trinajstić information content (AvgIpc) is 2.79. The quantitative estimate of drug-likeness (QED) is 0.531. The molecular weight excluding hydrogens is 482 g/mol. The summed E-state index contributed by atoms with van der Waals surface area (Å²) >= 11 is 12.2. The molecule has 0 spiro atoms. The Morgan fingerprint density at radius 1 is 1.12 bits per heavy atom. The van der Waals surface area contributed by atoms with E-state index in [1.165, 1.54) is 0 Å². The number of hydrogen-bond donors (Lipinski definition) is 1. The highest BCUT2D eigenvalue weighted by Gasteiger charge is 2.35. The molecule has 1 saturated heterocycles. The molecule has 33 heavy (non-hydrogen) atoms. The number of aromatic nitrogens is 3. The van der Waals surface area contributed by atoms with Gasteiger partial charge in [-0.05, 0) is 24.3 Å². The van der Waals surface area contributed by atoms with Crippen LogP contribution in [0.25, 0.3) is 10.9 Å². The van der Waals surface area contributed by atoms with Gasteiger partial charge in [-0.15, -0.1) is 0 Å². The van der Waals surface area contributed by atoms with E-state index in [1.807, 2.05) is 4.90 Å². The summed E-state index contributed by atoms with van der Waals surface area (Å²) in [5.41, 5.74) is 1.20. The minimum atomic E-state index is -4.64. The summed E-state index contributed by atoms with van der Waals surface area (Å²) in [6.45, 7) is 2.11. The van der Waals surface area contributed by atoms with Gasteiger partial charge < -0.3 is 10.1 Å². The third kappa shape index (κ3) is 5.35. The van der Waals surface area contributed by atoms with Gasteiger partial charge in [-0.25, -0.2) is 15.0 Å².